The molecule has 0 radical (unpaired) electrons. The highest BCUT2D eigenvalue weighted by molar-refractivity contribution is 5.94. The van der Waals surface area contributed by atoms with Gasteiger partial charge in [0.15, 0.2) is 0 Å². The van der Waals surface area contributed by atoms with E-state index >= 15 is 0 Å². The average molecular weight is 659 g/mol. The standard InChI is InChI=1S/C37H50N6O5/c1-24(2)43-22-31(20-39-43)30-15-16-38-35(19-30)42(21-26-5-7-27(8-6-26)32-13-14-33(47-4)25(3)40-32)36(44)29-11-9-28(10-12-29)34-23-41(37(45)46)17-18-48-34/h13-16,19-20,22,24,26-29,34H,5-12,17-18,21,23H2,1-4H3,(H,45,46)/t26-,27-,28-,29-,34?. The maximum absolute atomic E-state index is 14.5. The molecule has 1 aliphatic heterocycles. The van der Waals surface area contributed by atoms with E-state index in [0.29, 0.717) is 43.9 Å². The molecule has 3 aliphatic rings. The van der Waals surface area contributed by atoms with Crippen LogP contribution in [-0.2, 0) is 9.53 Å². The molecule has 0 aromatic carbocycles. The van der Waals surface area contributed by atoms with E-state index in [0.717, 1.165) is 79.6 Å². The molecule has 3 aromatic heterocycles. The maximum atomic E-state index is 14.5. The highest BCUT2D eigenvalue weighted by atomic mass is 16.5. The Morgan fingerprint density at radius 1 is 1.06 bits per heavy atom. The molecule has 11 nitrogen and oxygen atoms in total. The third-order valence-electron chi connectivity index (χ3n) is 10.7. The van der Waals surface area contributed by atoms with E-state index in [1.54, 1.807) is 13.3 Å². The number of hydrogen-bond donors (Lipinski definition) is 1. The van der Waals surface area contributed by atoms with E-state index in [1.807, 2.05) is 47.1 Å². The van der Waals surface area contributed by atoms with E-state index in [4.69, 9.17) is 19.4 Å². The monoisotopic (exact) mass is 658 g/mol. The van der Waals surface area contributed by atoms with Gasteiger partial charge in [0.25, 0.3) is 0 Å². The van der Waals surface area contributed by atoms with E-state index < -0.39 is 6.09 Å². The first-order valence-electron chi connectivity index (χ1n) is 17.6. The summed E-state index contributed by atoms with van der Waals surface area (Å²) in [5, 5.41) is 14.0. The predicted molar refractivity (Wildman–Crippen MR) is 183 cm³/mol. The van der Waals surface area contributed by atoms with E-state index in [-0.39, 0.29) is 29.9 Å². The van der Waals surface area contributed by atoms with Crippen molar-refractivity contribution >= 4 is 17.8 Å². The van der Waals surface area contributed by atoms with Crippen LogP contribution in [0.2, 0.25) is 0 Å². The minimum Gasteiger partial charge on any atom is -0.495 e. The first kappa shape index (κ1) is 33.9. The highest BCUT2D eigenvalue weighted by Gasteiger charge is 2.37. The second-order valence-corrected chi connectivity index (χ2v) is 14.1. The van der Waals surface area contributed by atoms with Crippen LogP contribution in [0.25, 0.3) is 11.1 Å². The number of amides is 2. The third kappa shape index (κ3) is 7.66. The Morgan fingerprint density at radius 3 is 2.50 bits per heavy atom. The predicted octanol–water partition coefficient (Wildman–Crippen LogP) is 6.73. The van der Waals surface area contributed by atoms with Crippen LogP contribution in [0.3, 0.4) is 0 Å². The van der Waals surface area contributed by atoms with Gasteiger partial charge in [-0.15, -0.1) is 0 Å². The van der Waals surface area contributed by atoms with Crippen LogP contribution >= 0.6 is 0 Å². The fourth-order valence-corrected chi connectivity index (χ4v) is 7.81. The fourth-order valence-electron chi connectivity index (χ4n) is 7.81. The summed E-state index contributed by atoms with van der Waals surface area (Å²) in [5.74, 6) is 2.58. The number of aromatic nitrogens is 4. The van der Waals surface area contributed by atoms with E-state index in [1.165, 1.54) is 4.90 Å². The Morgan fingerprint density at radius 2 is 1.83 bits per heavy atom. The molecule has 6 rings (SSSR count). The van der Waals surface area contributed by atoms with Crippen molar-refractivity contribution in [1.82, 2.24) is 24.6 Å². The summed E-state index contributed by atoms with van der Waals surface area (Å²) in [6, 6.07) is 8.39. The topological polar surface area (TPSA) is 123 Å². The largest absolute Gasteiger partial charge is 0.495 e. The number of anilines is 1. The molecule has 258 valence electrons. The molecule has 11 heteroatoms. The van der Waals surface area contributed by atoms with E-state index in [9.17, 15) is 14.7 Å². The van der Waals surface area contributed by atoms with Gasteiger partial charge in [-0.1, -0.05) is 0 Å². The van der Waals surface area contributed by atoms with Crippen LogP contribution in [0.15, 0.2) is 42.9 Å². The van der Waals surface area contributed by atoms with Crippen molar-refractivity contribution in [3.05, 3.63) is 54.2 Å². The number of carbonyl (C=O) groups excluding carboxylic acids is 1. The van der Waals surface area contributed by atoms with Gasteiger partial charge in [0.2, 0.25) is 5.91 Å². The minimum atomic E-state index is -0.890. The number of ether oxygens (including phenoxy) is 2. The van der Waals surface area contributed by atoms with Gasteiger partial charge < -0.3 is 19.5 Å². The Kier molecular flexibility index (Phi) is 10.6. The zero-order valence-corrected chi connectivity index (χ0v) is 28.8. The number of methoxy groups -OCH3 is 1. The number of hydrogen-bond acceptors (Lipinski definition) is 7. The molecular weight excluding hydrogens is 608 g/mol. The Bertz CT molecular complexity index is 1560. The second kappa shape index (κ2) is 15.1. The molecular formula is C37H50N6O5. The van der Waals surface area contributed by atoms with Gasteiger partial charge >= 0.3 is 6.09 Å². The smallest absolute Gasteiger partial charge is 0.407 e. The molecule has 0 spiro atoms. The minimum absolute atomic E-state index is 0.0997. The highest BCUT2D eigenvalue weighted by Crippen LogP contribution is 2.39. The van der Waals surface area contributed by atoms with Crippen LogP contribution < -0.4 is 9.64 Å². The summed E-state index contributed by atoms with van der Waals surface area (Å²) in [5.41, 5.74) is 4.05. The number of aryl methyl sites for hydroxylation is 1. The number of nitrogens with zero attached hydrogens (tertiary/aromatic N) is 6. The SMILES string of the molecule is COc1ccc([C@H]2CC[C@H](CN(c3cc(-c4cnn(C(C)C)c4)ccn3)C(=O)[C@H]3CC[C@H](C4CN(C(=O)O)CCO4)CC3)CC2)nc1C. The molecule has 2 aliphatic carbocycles. The lowest BCUT2D eigenvalue weighted by molar-refractivity contribution is -0.124. The Labute approximate surface area is 283 Å². The molecule has 1 unspecified atom stereocenters. The van der Waals surface area contributed by atoms with Gasteiger partial charge in [-0.2, -0.15) is 5.10 Å². The first-order chi connectivity index (χ1) is 23.2. The van der Waals surface area contributed by atoms with Crippen molar-refractivity contribution in [3.8, 4) is 16.9 Å². The van der Waals surface area contributed by atoms with Gasteiger partial charge in [-0.05, 0) is 114 Å². The molecule has 2 saturated carbocycles. The Balaban J connectivity index is 1.17. The van der Waals surface area contributed by atoms with Crippen molar-refractivity contribution < 1.29 is 24.2 Å². The van der Waals surface area contributed by atoms with Crippen molar-refractivity contribution in [1.29, 1.82) is 0 Å². The van der Waals surface area contributed by atoms with Crippen LogP contribution in [0.5, 0.6) is 5.75 Å². The number of carboxylic acid groups (broad SMARTS) is 1. The summed E-state index contributed by atoms with van der Waals surface area (Å²) in [4.78, 5) is 39.1. The molecule has 2 amide bonds. The molecule has 3 aromatic rings. The number of carbonyl (C=O) groups is 2. The summed E-state index contributed by atoms with van der Waals surface area (Å²) in [6.07, 6.45) is 12.1. The summed E-state index contributed by atoms with van der Waals surface area (Å²) >= 11 is 0. The van der Waals surface area contributed by atoms with Crippen molar-refractivity contribution in [3.63, 3.8) is 0 Å². The van der Waals surface area contributed by atoms with Gasteiger partial charge in [0.1, 0.15) is 11.6 Å². The van der Waals surface area contributed by atoms with Crippen molar-refractivity contribution in [2.75, 3.05) is 38.3 Å². The zero-order valence-electron chi connectivity index (χ0n) is 28.8. The average Bonchev–Trinajstić information content (AvgIpc) is 3.62. The zero-order chi connectivity index (χ0) is 33.8. The van der Waals surface area contributed by atoms with E-state index in [2.05, 4.69) is 25.0 Å². The molecule has 1 atom stereocenters. The second-order valence-electron chi connectivity index (χ2n) is 14.1. The van der Waals surface area contributed by atoms with Gasteiger partial charge in [0.05, 0.1) is 38.3 Å². The maximum Gasteiger partial charge on any atom is 0.407 e. The first-order valence-corrected chi connectivity index (χ1v) is 17.6. The van der Waals surface area contributed by atoms with Gasteiger partial charge in [0, 0.05) is 54.6 Å². The number of morpholine rings is 1. The Hall–Kier alpha value is -3.99. The molecule has 1 N–H and O–H groups in total. The van der Waals surface area contributed by atoms with Crippen molar-refractivity contribution in [2.45, 2.75) is 90.2 Å². The number of rotatable bonds is 9. The van der Waals surface area contributed by atoms with Crippen LogP contribution in [0.1, 0.15) is 88.6 Å². The number of pyridine rings is 2. The lowest BCUT2D eigenvalue weighted by Gasteiger charge is -2.39. The van der Waals surface area contributed by atoms with Crippen LogP contribution in [0.4, 0.5) is 10.6 Å². The molecule has 4 heterocycles. The lowest BCUT2D eigenvalue weighted by atomic mass is 9.77. The molecule has 48 heavy (non-hydrogen) atoms. The fraction of sp³-hybridized carbons (Fsp3) is 0.595. The lowest BCUT2D eigenvalue weighted by Crippen LogP contribution is -2.49. The molecule has 3 fully saturated rings. The normalized spacial score (nSPS) is 24.8. The van der Waals surface area contributed by atoms with Crippen LogP contribution in [-0.4, -0.2) is 81.2 Å². The third-order valence-corrected chi connectivity index (χ3v) is 10.7. The van der Waals surface area contributed by atoms with Gasteiger partial charge in [-0.3, -0.25) is 19.4 Å². The van der Waals surface area contributed by atoms with Crippen molar-refractivity contribution in [2.24, 2.45) is 17.8 Å². The molecule has 0 bridgehead atoms. The quantitative estimate of drug-likeness (QED) is 0.269. The summed E-state index contributed by atoms with van der Waals surface area (Å²) in [7, 11) is 1.68. The van der Waals surface area contributed by atoms with Crippen LogP contribution in [0, 0.1) is 24.7 Å². The van der Waals surface area contributed by atoms with Gasteiger partial charge in [-0.25, -0.2) is 9.78 Å². The molecule has 1 saturated heterocycles. The summed E-state index contributed by atoms with van der Waals surface area (Å²) in [6.45, 7) is 8.09. The summed E-state index contributed by atoms with van der Waals surface area (Å²) < 4.78 is 13.4.